The summed E-state index contributed by atoms with van der Waals surface area (Å²) in [6.07, 6.45) is 3.43. The smallest absolute Gasteiger partial charge is 0.320 e. The van der Waals surface area contributed by atoms with Crippen molar-refractivity contribution in [2.75, 3.05) is 44.8 Å². The van der Waals surface area contributed by atoms with Gasteiger partial charge in [0.15, 0.2) is 11.5 Å². The molecule has 2 aliphatic heterocycles. The second-order valence-electron chi connectivity index (χ2n) is 10.0. The summed E-state index contributed by atoms with van der Waals surface area (Å²) in [5.41, 5.74) is 0.678. The summed E-state index contributed by atoms with van der Waals surface area (Å²) in [5, 5.41) is 3.88. The zero-order valence-corrected chi connectivity index (χ0v) is 22.1. The molecule has 1 N–H and O–H groups in total. The molecule has 1 atom stereocenters. The standard InChI is InChI=1S/C27H30ClFN4O5/c1-27(2)15-33(13-25(34)38-27)7-9-36-23-11-19-22(12-24(23)37-14-18-4-3-8-35-18)30-16-31-26(19)32-17-5-6-21(29)20(28)10-17/h5-6,10-12,16,18H,3-4,7-9,13-15H2,1-2H3,(H,30,31,32)/t18-/m1/s1. The van der Waals surface area contributed by atoms with Crippen LogP contribution < -0.4 is 14.8 Å². The number of ether oxygens (including phenoxy) is 4. The van der Waals surface area contributed by atoms with Gasteiger partial charge in [-0.1, -0.05) is 11.6 Å². The second kappa shape index (κ2) is 11.3. The molecule has 0 unspecified atom stereocenters. The van der Waals surface area contributed by atoms with E-state index in [9.17, 15) is 9.18 Å². The van der Waals surface area contributed by atoms with Crippen LogP contribution in [0.5, 0.6) is 11.5 Å². The van der Waals surface area contributed by atoms with E-state index in [0.29, 0.717) is 60.2 Å². The molecule has 3 heterocycles. The predicted molar refractivity (Wildman–Crippen MR) is 141 cm³/mol. The van der Waals surface area contributed by atoms with Crippen LogP contribution >= 0.6 is 11.6 Å². The van der Waals surface area contributed by atoms with Crippen LogP contribution in [0.2, 0.25) is 5.02 Å². The Labute approximate surface area is 225 Å². The van der Waals surface area contributed by atoms with Crippen molar-refractivity contribution in [2.45, 2.75) is 38.4 Å². The normalized spacial score (nSPS) is 19.4. The maximum absolute atomic E-state index is 13.6. The SMILES string of the molecule is CC1(C)CN(CCOc2cc3c(Nc4ccc(F)c(Cl)c4)ncnc3cc2OC[C@H]2CCCO2)CC(=O)O1. The molecule has 0 aliphatic carbocycles. The fourth-order valence-corrected chi connectivity index (χ4v) is 4.83. The number of fused-ring (bicyclic) bond motifs is 1. The average Bonchev–Trinajstić information content (AvgIpc) is 3.38. The number of hydrogen-bond acceptors (Lipinski definition) is 9. The Balaban J connectivity index is 1.38. The molecular formula is C27H30ClFN4O5. The summed E-state index contributed by atoms with van der Waals surface area (Å²) >= 11 is 5.95. The van der Waals surface area contributed by atoms with Crippen LogP contribution in [0.15, 0.2) is 36.7 Å². The Kier molecular flexibility index (Phi) is 7.83. The monoisotopic (exact) mass is 544 g/mol. The minimum atomic E-state index is -0.547. The Morgan fingerprint density at radius 1 is 1.21 bits per heavy atom. The predicted octanol–water partition coefficient (Wildman–Crippen LogP) is 4.74. The molecule has 0 amide bonds. The number of benzene rings is 2. The van der Waals surface area contributed by atoms with Gasteiger partial charge in [0.1, 0.15) is 36.8 Å². The Hall–Kier alpha value is -3.21. The van der Waals surface area contributed by atoms with Crippen LogP contribution in [0.4, 0.5) is 15.9 Å². The highest BCUT2D eigenvalue weighted by molar-refractivity contribution is 6.31. The largest absolute Gasteiger partial charge is 0.488 e. The van der Waals surface area contributed by atoms with Gasteiger partial charge >= 0.3 is 5.97 Å². The molecule has 2 aliphatic rings. The summed E-state index contributed by atoms with van der Waals surface area (Å²) < 4.78 is 37.1. The van der Waals surface area contributed by atoms with Crippen molar-refractivity contribution in [1.29, 1.82) is 0 Å². The molecule has 2 fully saturated rings. The zero-order chi connectivity index (χ0) is 26.7. The number of carbonyl (C=O) groups is 1. The van der Waals surface area contributed by atoms with Crippen LogP contribution in [-0.4, -0.2) is 72.0 Å². The highest BCUT2D eigenvalue weighted by atomic mass is 35.5. The van der Waals surface area contributed by atoms with Gasteiger partial charge in [0.25, 0.3) is 0 Å². The summed E-state index contributed by atoms with van der Waals surface area (Å²) in [6, 6.07) is 7.99. The molecule has 2 aromatic carbocycles. The van der Waals surface area contributed by atoms with Gasteiger partial charge in [-0.25, -0.2) is 14.4 Å². The number of halogens is 2. The van der Waals surface area contributed by atoms with Gasteiger partial charge in [-0.2, -0.15) is 0 Å². The quantitative estimate of drug-likeness (QED) is 0.383. The molecule has 0 bridgehead atoms. The van der Waals surface area contributed by atoms with E-state index in [1.165, 1.54) is 18.5 Å². The lowest BCUT2D eigenvalue weighted by atomic mass is 10.1. The van der Waals surface area contributed by atoms with Crippen molar-refractivity contribution in [3.05, 3.63) is 47.5 Å². The highest BCUT2D eigenvalue weighted by Gasteiger charge is 2.32. The van der Waals surface area contributed by atoms with E-state index in [2.05, 4.69) is 15.3 Å². The van der Waals surface area contributed by atoms with Crippen molar-refractivity contribution in [1.82, 2.24) is 14.9 Å². The number of hydrogen-bond donors (Lipinski definition) is 1. The Bertz CT molecular complexity index is 1320. The Morgan fingerprint density at radius 3 is 2.82 bits per heavy atom. The zero-order valence-electron chi connectivity index (χ0n) is 21.3. The van der Waals surface area contributed by atoms with Crippen LogP contribution in [0.1, 0.15) is 26.7 Å². The summed E-state index contributed by atoms with van der Waals surface area (Å²) in [5.74, 6) is 0.819. The molecule has 3 aromatic rings. The maximum Gasteiger partial charge on any atom is 0.320 e. The van der Waals surface area contributed by atoms with Gasteiger partial charge in [0.2, 0.25) is 0 Å². The van der Waals surface area contributed by atoms with Crippen molar-refractivity contribution >= 4 is 40.0 Å². The van der Waals surface area contributed by atoms with E-state index in [0.717, 1.165) is 19.4 Å². The molecular weight excluding hydrogens is 515 g/mol. The van der Waals surface area contributed by atoms with Crippen molar-refractivity contribution in [3.63, 3.8) is 0 Å². The van der Waals surface area contributed by atoms with E-state index in [4.69, 9.17) is 30.5 Å². The van der Waals surface area contributed by atoms with Crippen molar-refractivity contribution in [2.24, 2.45) is 0 Å². The molecule has 0 radical (unpaired) electrons. The van der Waals surface area contributed by atoms with E-state index in [-0.39, 0.29) is 23.6 Å². The molecule has 0 spiro atoms. The summed E-state index contributed by atoms with van der Waals surface area (Å²) in [4.78, 5) is 22.8. The lowest BCUT2D eigenvalue weighted by Crippen LogP contribution is -2.51. The molecule has 0 saturated carbocycles. The van der Waals surface area contributed by atoms with Gasteiger partial charge in [0, 0.05) is 36.8 Å². The van der Waals surface area contributed by atoms with Gasteiger partial charge < -0.3 is 24.3 Å². The van der Waals surface area contributed by atoms with Gasteiger partial charge in [-0.3, -0.25) is 9.69 Å². The molecule has 202 valence electrons. The van der Waals surface area contributed by atoms with Crippen molar-refractivity contribution < 1.29 is 28.1 Å². The number of nitrogens with one attached hydrogen (secondary N) is 1. The Morgan fingerprint density at radius 2 is 2.05 bits per heavy atom. The molecule has 1 aromatic heterocycles. The van der Waals surface area contributed by atoms with E-state index < -0.39 is 11.4 Å². The topological polar surface area (TPSA) is 95.0 Å². The van der Waals surface area contributed by atoms with Crippen LogP contribution in [-0.2, 0) is 14.3 Å². The summed E-state index contributed by atoms with van der Waals surface area (Å²) in [7, 11) is 0. The number of esters is 1. The number of anilines is 2. The maximum atomic E-state index is 13.6. The average molecular weight is 545 g/mol. The fraction of sp³-hybridized carbons (Fsp3) is 0.444. The number of morpholine rings is 1. The lowest BCUT2D eigenvalue weighted by Gasteiger charge is -2.37. The van der Waals surface area contributed by atoms with Crippen LogP contribution in [0.3, 0.4) is 0 Å². The molecule has 38 heavy (non-hydrogen) atoms. The number of rotatable bonds is 9. The minimum absolute atomic E-state index is 0.00646. The van der Waals surface area contributed by atoms with Gasteiger partial charge in [-0.15, -0.1) is 0 Å². The first-order valence-corrected chi connectivity index (χ1v) is 13.0. The van der Waals surface area contributed by atoms with E-state index >= 15 is 0 Å². The second-order valence-corrected chi connectivity index (χ2v) is 10.4. The summed E-state index contributed by atoms with van der Waals surface area (Å²) in [6.45, 7) is 6.61. The van der Waals surface area contributed by atoms with E-state index in [1.54, 1.807) is 6.07 Å². The number of cyclic esters (lactones) is 1. The third-order valence-electron chi connectivity index (χ3n) is 6.34. The lowest BCUT2D eigenvalue weighted by molar-refractivity contribution is -0.169. The molecule has 2 saturated heterocycles. The van der Waals surface area contributed by atoms with Gasteiger partial charge in [-0.05, 0) is 51.0 Å². The fourth-order valence-electron chi connectivity index (χ4n) is 4.65. The van der Waals surface area contributed by atoms with Crippen LogP contribution in [0.25, 0.3) is 10.9 Å². The van der Waals surface area contributed by atoms with Crippen molar-refractivity contribution in [3.8, 4) is 11.5 Å². The molecule has 9 nitrogen and oxygen atoms in total. The number of nitrogens with zero attached hydrogens (tertiary/aromatic N) is 3. The van der Waals surface area contributed by atoms with E-state index in [1.807, 2.05) is 30.9 Å². The highest BCUT2D eigenvalue weighted by Crippen LogP contribution is 2.36. The first-order valence-electron chi connectivity index (χ1n) is 12.6. The van der Waals surface area contributed by atoms with Crippen LogP contribution in [0, 0.1) is 5.82 Å². The third kappa shape index (κ3) is 6.43. The number of aromatic nitrogens is 2. The first kappa shape index (κ1) is 26.4. The molecule has 11 heteroatoms. The number of carbonyl (C=O) groups excluding carboxylic acids is 1. The molecule has 5 rings (SSSR count). The first-order chi connectivity index (χ1) is 18.3. The van der Waals surface area contributed by atoms with Gasteiger partial charge in [0.05, 0.1) is 23.2 Å². The minimum Gasteiger partial charge on any atom is -0.488 e. The third-order valence-corrected chi connectivity index (χ3v) is 6.63.